The van der Waals surface area contributed by atoms with E-state index in [0.717, 1.165) is 25.9 Å². The number of carbonyl (C=O) groups is 2. The van der Waals surface area contributed by atoms with Crippen molar-refractivity contribution in [1.82, 2.24) is 9.80 Å². The first-order valence-electron chi connectivity index (χ1n) is 7.27. The molecular weight excluding hydrogens is 256 g/mol. The normalized spacial score (nSPS) is 18.9. The Morgan fingerprint density at radius 1 is 1.40 bits per heavy atom. The van der Waals surface area contributed by atoms with E-state index in [4.69, 9.17) is 4.42 Å². The Hall–Kier alpha value is -1.78. The summed E-state index contributed by atoms with van der Waals surface area (Å²) in [6.45, 7) is 6.64. The molecule has 0 saturated carbocycles. The van der Waals surface area contributed by atoms with Crippen molar-refractivity contribution < 1.29 is 14.0 Å². The molecule has 2 amide bonds. The van der Waals surface area contributed by atoms with E-state index in [2.05, 4.69) is 0 Å². The lowest BCUT2D eigenvalue weighted by atomic mass is 9.96. The molecule has 5 nitrogen and oxygen atoms in total. The number of amides is 2. The van der Waals surface area contributed by atoms with Crippen molar-refractivity contribution >= 4 is 11.8 Å². The van der Waals surface area contributed by atoms with Crippen LogP contribution in [-0.4, -0.2) is 47.8 Å². The molecule has 1 aromatic rings. The molecule has 2 rings (SSSR count). The van der Waals surface area contributed by atoms with Crippen molar-refractivity contribution in [3.05, 3.63) is 24.2 Å². The number of nitrogens with zero attached hydrogens (tertiary/aromatic N) is 2. The summed E-state index contributed by atoms with van der Waals surface area (Å²) in [7, 11) is 0. The van der Waals surface area contributed by atoms with Crippen molar-refractivity contribution in [3.8, 4) is 0 Å². The molecule has 5 heteroatoms. The number of furan rings is 1. The lowest BCUT2D eigenvalue weighted by molar-refractivity contribution is -0.136. The molecule has 1 aliphatic rings. The highest BCUT2D eigenvalue weighted by molar-refractivity contribution is 5.94. The maximum atomic E-state index is 12.4. The zero-order chi connectivity index (χ0) is 14.5. The van der Waals surface area contributed by atoms with Crippen LogP contribution in [0, 0.1) is 5.92 Å². The highest BCUT2D eigenvalue weighted by Gasteiger charge is 2.30. The SMILES string of the molecule is CCN(CC)C(=O)[C@@H]1CCCN(C(=O)c2ccoc2)C1. The minimum absolute atomic E-state index is 0.0456. The Balaban J connectivity index is 2.01. The second kappa shape index (κ2) is 6.59. The molecule has 1 aliphatic heterocycles. The van der Waals surface area contributed by atoms with Gasteiger partial charge in [0.05, 0.1) is 17.7 Å². The second-order valence-electron chi connectivity index (χ2n) is 5.11. The fourth-order valence-corrected chi connectivity index (χ4v) is 2.73. The van der Waals surface area contributed by atoms with E-state index in [-0.39, 0.29) is 17.7 Å². The van der Waals surface area contributed by atoms with E-state index in [0.29, 0.717) is 18.7 Å². The van der Waals surface area contributed by atoms with Gasteiger partial charge >= 0.3 is 0 Å². The van der Waals surface area contributed by atoms with Gasteiger partial charge in [-0.15, -0.1) is 0 Å². The molecule has 0 unspecified atom stereocenters. The third-order valence-electron chi connectivity index (χ3n) is 3.90. The van der Waals surface area contributed by atoms with Gasteiger partial charge in [-0.2, -0.15) is 0 Å². The van der Waals surface area contributed by atoms with Crippen LogP contribution >= 0.6 is 0 Å². The summed E-state index contributed by atoms with van der Waals surface area (Å²) < 4.78 is 4.95. The number of rotatable bonds is 4. The monoisotopic (exact) mass is 278 g/mol. The zero-order valence-electron chi connectivity index (χ0n) is 12.2. The number of likely N-dealkylation sites (tertiary alicyclic amines) is 1. The van der Waals surface area contributed by atoms with Gasteiger partial charge in [-0.3, -0.25) is 9.59 Å². The van der Waals surface area contributed by atoms with Gasteiger partial charge in [0.15, 0.2) is 0 Å². The van der Waals surface area contributed by atoms with Crippen molar-refractivity contribution in [2.24, 2.45) is 5.92 Å². The van der Waals surface area contributed by atoms with Crippen molar-refractivity contribution in [2.75, 3.05) is 26.2 Å². The van der Waals surface area contributed by atoms with Crippen LogP contribution in [0.2, 0.25) is 0 Å². The van der Waals surface area contributed by atoms with E-state index >= 15 is 0 Å². The van der Waals surface area contributed by atoms with Crippen molar-refractivity contribution in [3.63, 3.8) is 0 Å². The van der Waals surface area contributed by atoms with E-state index < -0.39 is 0 Å². The predicted molar refractivity (Wildman–Crippen MR) is 75.3 cm³/mol. The minimum Gasteiger partial charge on any atom is -0.472 e. The summed E-state index contributed by atoms with van der Waals surface area (Å²) in [5.41, 5.74) is 0.556. The summed E-state index contributed by atoms with van der Waals surface area (Å²) in [6.07, 6.45) is 4.69. The van der Waals surface area contributed by atoms with Crippen LogP contribution in [0.4, 0.5) is 0 Å². The van der Waals surface area contributed by atoms with Gasteiger partial charge in [0.1, 0.15) is 6.26 Å². The molecular formula is C15H22N2O3. The van der Waals surface area contributed by atoms with Gasteiger partial charge < -0.3 is 14.2 Å². The van der Waals surface area contributed by atoms with E-state index in [1.165, 1.54) is 12.5 Å². The Morgan fingerprint density at radius 3 is 2.75 bits per heavy atom. The summed E-state index contributed by atoms with van der Waals surface area (Å²) >= 11 is 0. The van der Waals surface area contributed by atoms with Crippen LogP contribution in [0.5, 0.6) is 0 Å². The average Bonchev–Trinajstić information content (AvgIpc) is 3.02. The van der Waals surface area contributed by atoms with Gasteiger partial charge in [0.25, 0.3) is 5.91 Å². The first-order chi connectivity index (χ1) is 9.67. The summed E-state index contributed by atoms with van der Waals surface area (Å²) in [5.74, 6) is 0.0509. The second-order valence-corrected chi connectivity index (χ2v) is 5.11. The number of piperidine rings is 1. The molecule has 110 valence electrons. The summed E-state index contributed by atoms with van der Waals surface area (Å²) in [4.78, 5) is 28.3. The third-order valence-corrected chi connectivity index (χ3v) is 3.90. The summed E-state index contributed by atoms with van der Waals surface area (Å²) in [6, 6.07) is 1.66. The minimum atomic E-state index is -0.0699. The van der Waals surface area contributed by atoms with Crippen molar-refractivity contribution in [1.29, 1.82) is 0 Å². The van der Waals surface area contributed by atoms with Crippen LogP contribution in [-0.2, 0) is 4.79 Å². The molecule has 1 fully saturated rings. The lowest BCUT2D eigenvalue weighted by Gasteiger charge is -2.34. The van der Waals surface area contributed by atoms with E-state index in [1.54, 1.807) is 11.0 Å². The molecule has 0 spiro atoms. The molecule has 0 aromatic carbocycles. The highest BCUT2D eigenvalue weighted by Crippen LogP contribution is 2.20. The number of hydrogen-bond donors (Lipinski definition) is 0. The first-order valence-corrected chi connectivity index (χ1v) is 7.27. The maximum Gasteiger partial charge on any atom is 0.257 e. The Kier molecular flexibility index (Phi) is 4.82. The zero-order valence-corrected chi connectivity index (χ0v) is 12.2. The molecule has 1 atom stereocenters. The van der Waals surface area contributed by atoms with Crippen LogP contribution in [0.25, 0.3) is 0 Å². The maximum absolute atomic E-state index is 12.4. The fraction of sp³-hybridized carbons (Fsp3) is 0.600. The largest absolute Gasteiger partial charge is 0.472 e. The summed E-state index contributed by atoms with van der Waals surface area (Å²) in [5, 5.41) is 0. The molecule has 1 aromatic heterocycles. The van der Waals surface area contributed by atoms with Gasteiger partial charge in [-0.05, 0) is 32.8 Å². The van der Waals surface area contributed by atoms with Crippen LogP contribution in [0.3, 0.4) is 0 Å². The molecule has 0 radical (unpaired) electrons. The van der Waals surface area contributed by atoms with Crippen molar-refractivity contribution in [2.45, 2.75) is 26.7 Å². The Bertz CT molecular complexity index is 452. The molecule has 20 heavy (non-hydrogen) atoms. The van der Waals surface area contributed by atoms with E-state index in [1.807, 2.05) is 18.7 Å². The predicted octanol–water partition coefficient (Wildman–Crippen LogP) is 2.00. The molecule has 0 bridgehead atoms. The van der Waals surface area contributed by atoms with Gasteiger partial charge in [-0.25, -0.2) is 0 Å². The highest BCUT2D eigenvalue weighted by atomic mass is 16.3. The third kappa shape index (κ3) is 3.03. The van der Waals surface area contributed by atoms with E-state index in [9.17, 15) is 9.59 Å². The van der Waals surface area contributed by atoms with Crippen LogP contribution < -0.4 is 0 Å². The van der Waals surface area contributed by atoms with Gasteiger partial charge in [0, 0.05) is 26.2 Å². The number of carbonyl (C=O) groups excluding carboxylic acids is 2. The van der Waals surface area contributed by atoms with Crippen LogP contribution in [0.15, 0.2) is 23.0 Å². The Morgan fingerprint density at radius 2 is 2.15 bits per heavy atom. The van der Waals surface area contributed by atoms with Crippen LogP contribution in [0.1, 0.15) is 37.0 Å². The first kappa shape index (κ1) is 14.6. The molecule has 1 saturated heterocycles. The molecule has 0 aliphatic carbocycles. The topological polar surface area (TPSA) is 53.8 Å². The molecule has 0 N–H and O–H groups in total. The fourth-order valence-electron chi connectivity index (χ4n) is 2.73. The Labute approximate surface area is 119 Å². The standard InChI is InChI=1S/C15H22N2O3/c1-3-16(4-2)14(18)12-6-5-8-17(10-12)15(19)13-7-9-20-11-13/h7,9,11-12H,3-6,8,10H2,1-2H3/t12-/m1/s1. The average molecular weight is 278 g/mol. The lowest BCUT2D eigenvalue weighted by Crippen LogP contribution is -2.46. The van der Waals surface area contributed by atoms with Gasteiger partial charge in [-0.1, -0.05) is 0 Å². The molecule has 2 heterocycles. The number of hydrogen-bond acceptors (Lipinski definition) is 3. The van der Waals surface area contributed by atoms with Gasteiger partial charge in [0.2, 0.25) is 5.91 Å². The quantitative estimate of drug-likeness (QED) is 0.846. The smallest absolute Gasteiger partial charge is 0.257 e.